The Balaban J connectivity index is 1.32. The SMILES string of the molecule is C=Cc1c(OC)cc([C@@H]2c3cc4c(cc3[C@@H](O[C@@H]3O[C@@H]5CO[C@@H](C)O[C@H]5[C@H](O)[C@H]3O)[C@H]3COC(=O)[C@H]23)OCO4)cc1OC. The van der Waals surface area contributed by atoms with Gasteiger partial charge in [-0.15, -0.1) is 0 Å². The van der Waals surface area contributed by atoms with Crippen LogP contribution in [0.15, 0.2) is 30.8 Å². The Morgan fingerprint density at radius 2 is 1.63 bits per heavy atom. The standard InChI is InChI=1S/C31H34O12/c1-5-15-19(35-3)6-14(7-20(15)36-4)24-16-8-21-22(40-12-39-21)9-17(16)28(18-10-38-30(34)25(18)24)43-31-27(33)26(32)29-23(42-31)11-37-13(2)41-29/h5-9,13,18,23-29,31-33H,1,10-12H2,2-4H3/t13-,18+,23-,24-,25+,26-,27-,28-,29-,31+/m1/s1. The van der Waals surface area contributed by atoms with Crippen LogP contribution in [0.5, 0.6) is 23.0 Å². The summed E-state index contributed by atoms with van der Waals surface area (Å²) in [6.45, 7) is 5.90. The number of esters is 1. The molecule has 4 heterocycles. The van der Waals surface area contributed by atoms with E-state index >= 15 is 0 Å². The molecule has 2 aromatic rings. The van der Waals surface area contributed by atoms with Crippen molar-refractivity contribution in [3.8, 4) is 23.0 Å². The predicted molar refractivity (Wildman–Crippen MR) is 147 cm³/mol. The molecule has 12 nitrogen and oxygen atoms in total. The Morgan fingerprint density at radius 1 is 0.930 bits per heavy atom. The summed E-state index contributed by atoms with van der Waals surface area (Å²) in [6.07, 6.45) is -5.02. The van der Waals surface area contributed by atoms with Crippen LogP contribution in [0.2, 0.25) is 0 Å². The number of carbonyl (C=O) groups excluding carboxylic acids is 1. The second kappa shape index (κ2) is 11.0. The van der Waals surface area contributed by atoms with Crippen molar-refractivity contribution in [3.05, 3.63) is 53.1 Å². The third kappa shape index (κ3) is 4.55. The number of hydrogen-bond donors (Lipinski definition) is 2. The maximum absolute atomic E-state index is 13.5. The first-order valence-electron chi connectivity index (χ1n) is 14.3. The molecule has 0 aromatic heterocycles. The number of aliphatic hydroxyl groups excluding tert-OH is 2. The minimum Gasteiger partial charge on any atom is -0.496 e. The molecule has 2 aromatic carbocycles. The molecule has 43 heavy (non-hydrogen) atoms. The van der Waals surface area contributed by atoms with E-state index in [1.807, 2.05) is 24.3 Å². The number of fused-ring (bicyclic) bond motifs is 4. The maximum atomic E-state index is 13.5. The van der Waals surface area contributed by atoms with Gasteiger partial charge in [-0.05, 0) is 47.9 Å². The molecule has 0 unspecified atom stereocenters. The normalized spacial score (nSPS) is 35.8. The average Bonchev–Trinajstić information content (AvgIpc) is 3.64. The van der Waals surface area contributed by atoms with Gasteiger partial charge < -0.3 is 52.8 Å². The van der Waals surface area contributed by atoms with Crippen LogP contribution in [0.3, 0.4) is 0 Å². The van der Waals surface area contributed by atoms with Crippen LogP contribution < -0.4 is 18.9 Å². The molecular formula is C31H34O12. The molecule has 1 aliphatic carbocycles. The van der Waals surface area contributed by atoms with Crippen molar-refractivity contribution in [2.75, 3.05) is 34.2 Å². The molecule has 7 rings (SSSR count). The summed E-state index contributed by atoms with van der Waals surface area (Å²) in [5.74, 6) is 0.147. The van der Waals surface area contributed by atoms with Crippen molar-refractivity contribution in [1.29, 1.82) is 0 Å². The van der Waals surface area contributed by atoms with E-state index in [0.717, 1.165) is 16.7 Å². The lowest BCUT2D eigenvalue weighted by molar-refractivity contribution is -0.364. The van der Waals surface area contributed by atoms with Gasteiger partial charge in [0.25, 0.3) is 0 Å². The van der Waals surface area contributed by atoms with Crippen LogP contribution in [-0.2, 0) is 28.5 Å². The highest BCUT2D eigenvalue weighted by molar-refractivity contribution is 5.79. The van der Waals surface area contributed by atoms with Crippen molar-refractivity contribution in [2.45, 2.75) is 55.9 Å². The second-order valence-corrected chi connectivity index (χ2v) is 11.3. The molecule has 10 atom stereocenters. The van der Waals surface area contributed by atoms with Gasteiger partial charge >= 0.3 is 5.97 Å². The van der Waals surface area contributed by atoms with Gasteiger partial charge in [-0.25, -0.2) is 0 Å². The number of methoxy groups -OCH3 is 2. The quantitative estimate of drug-likeness (QED) is 0.472. The number of hydrogen-bond acceptors (Lipinski definition) is 12. The summed E-state index contributed by atoms with van der Waals surface area (Å²) in [6, 6.07) is 7.44. The van der Waals surface area contributed by atoms with E-state index in [2.05, 4.69) is 6.58 Å². The van der Waals surface area contributed by atoms with Crippen molar-refractivity contribution in [2.24, 2.45) is 11.8 Å². The molecule has 0 bridgehead atoms. The van der Waals surface area contributed by atoms with E-state index < -0.39 is 60.9 Å². The largest absolute Gasteiger partial charge is 0.496 e. The van der Waals surface area contributed by atoms with E-state index in [4.69, 9.17) is 42.6 Å². The summed E-state index contributed by atoms with van der Waals surface area (Å²) in [5.41, 5.74) is 2.93. The maximum Gasteiger partial charge on any atom is 0.310 e. The van der Waals surface area contributed by atoms with Crippen molar-refractivity contribution >= 4 is 12.0 Å². The highest BCUT2D eigenvalue weighted by atomic mass is 16.8. The first-order valence-corrected chi connectivity index (χ1v) is 14.3. The number of cyclic esters (lactones) is 1. The van der Waals surface area contributed by atoms with Crippen molar-refractivity contribution in [3.63, 3.8) is 0 Å². The summed E-state index contributed by atoms with van der Waals surface area (Å²) >= 11 is 0. The lowest BCUT2D eigenvalue weighted by Crippen LogP contribution is -2.63. The monoisotopic (exact) mass is 598 g/mol. The van der Waals surface area contributed by atoms with Crippen LogP contribution in [0.4, 0.5) is 0 Å². The highest BCUT2D eigenvalue weighted by Crippen LogP contribution is 2.56. The van der Waals surface area contributed by atoms with Crippen LogP contribution in [0.25, 0.3) is 6.08 Å². The van der Waals surface area contributed by atoms with Gasteiger partial charge in [-0.2, -0.15) is 0 Å². The molecule has 2 N–H and O–H groups in total. The molecule has 5 aliphatic rings. The molecule has 0 saturated carbocycles. The summed E-state index contributed by atoms with van der Waals surface area (Å²) in [5, 5.41) is 22.0. The molecule has 3 fully saturated rings. The summed E-state index contributed by atoms with van der Waals surface area (Å²) in [4.78, 5) is 13.5. The second-order valence-electron chi connectivity index (χ2n) is 11.3. The number of benzene rings is 2. The number of carbonyl (C=O) groups is 1. The zero-order chi connectivity index (χ0) is 30.0. The fourth-order valence-electron chi connectivity index (χ4n) is 6.98. The molecular weight excluding hydrogens is 564 g/mol. The number of rotatable bonds is 6. The lowest BCUT2D eigenvalue weighted by atomic mass is 9.66. The molecule has 0 spiro atoms. The van der Waals surface area contributed by atoms with Crippen LogP contribution in [0.1, 0.15) is 41.2 Å². The third-order valence-corrected chi connectivity index (χ3v) is 9.01. The smallest absolute Gasteiger partial charge is 0.310 e. The zero-order valence-corrected chi connectivity index (χ0v) is 24.0. The zero-order valence-electron chi connectivity index (χ0n) is 24.0. The molecule has 0 radical (unpaired) electrons. The Labute approximate surface area is 247 Å². The molecule has 230 valence electrons. The first-order chi connectivity index (χ1) is 20.8. The van der Waals surface area contributed by atoms with Gasteiger partial charge in [0.2, 0.25) is 6.79 Å². The van der Waals surface area contributed by atoms with Gasteiger partial charge in [-0.1, -0.05) is 12.7 Å². The number of aliphatic hydroxyl groups is 2. The fraction of sp³-hybridized carbons (Fsp3) is 0.516. The Morgan fingerprint density at radius 3 is 2.30 bits per heavy atom. The van der Waals surface area contributed by atoms with Gasteiger partial charge in [-0.3, -0.25) is 4.79 Å². The first kappa shape index (κ1) is 28.4. The summed E-state index contributed by atoms with van der Waals surface area (Å²) in [7, 11) is 3.12. The van der Waals surface area contributed by atoms with Crippen LogP contribution >= 0.6 is 0 Å². The molecule has 3 saturated heterocycles. The van der Waals surface area contributed by atoms with Crippen molar-refractivity contribution in [1.82, 2.24) is 0 Å². The van der Waals surface area contributed by atoms with E-state index in [0.29, 0.717) is 28.6 Å². The predicted octanol–water partition coefficient (Wildman–Crippen LogP) is 2.28. The average molecular weight is 599 g/mol. The minimum atomic E-state index is -1.42. The lowest BCUT2D eigenvalue weighted by Gasteiger charge is -2.47. The van der Waals surface area contributed by atoms with Crippen molar-refractivity contribution < 1.29 is 57.6 Å². The molecule has 12 heteroatoms. The number of ether oxygens (including phenoxy) is 9. The van der Waals surface area contributed by atoms with E-state index in [1.165, 1.54) is 0 Å². The highest BCUT2D eigenvalue weighted by Gasteiger charge is 2.56. The van der Waals surface area contributed by atoms with Crippen LogP contribution in [0, 0.1) is 11.8 Å². The molecule has 4 aliphatic heterocycles. The van der Waals surface area contributed by atoms with Crippen LogP contribution in [-0.4, -0.2) is 87.4 Å². The van der Waals surface area contributed by atoms with Gasteiger partial charge in [0.15, 0.2) is 24.1 Å². The van der Waals surface area contributed by atoms with E-state index in [-0.39, 0.29) is 26.0 Å². The topological polar surface area (TPSA) is 141 Å². The third-order valence-electron chi connectivity index (χ3n) is 9.01. The van der Waals surface area contributed by atoms with Gasteiger partial charge in [0.1, 0.15) is 35.9 Å². The Bertz CT molecular complexity index is 1400. The minimum absolute atomic E-state index is 0.0527. The van der Waals surface area contributed by atoms with Gasteiger partial charge in [0, 0.05) is 11.8 Å². The Kier molecular flexibility index (Phi) is 7.23. The Hall–Kier alpha value is -3.39. The fourth-order valence-corrected chi connectivity index (χ4v) is 6.98. The van der Waals surface area contributed by atoms with E-state index in [9.17, 15) is 15.0 Å². The molecule has 0 amide bonds. The summed E-state index contributed by atoms with van der Waals surface area (Å²) < 4.78 is 52.3. The van der Waals surface area contributed by atoms with E-state index in [1.54, 1.807) is 27.2 Å². The van der Waals surface area contributed by atoms with Gasteiger partial charge in [0.05, 0.1) is 45.0 Å².